The van der Waals surface area contributed by atoms with Gasteiger partial charge >= 0.3 is 0 Å². The number of methoxy groups -OCH3 is 1. The summed E-state index contributed by atoms with van der Waals surface area (Å²) in [5, 5.41) is 19.6. The molecule has 0 saturated carbocycles. The van der Waals surface area contributed by atoms with E-state index >= 15 is 0 Å². The van der Waals surface area contributed by atoms with E-state index in [1.807, 2.05) is 20.8 Å². The summed E-state index contributed by atoms with van der Waals surface area (Å²) in [4.78, 5) is 0. The van der Waals surface area contributed by atoms with Gasteiger partial charge in [-0.05, 0) is 23.1 Å². The Bertz CT molecular complexity index is 339. The number of aliphatic hydroxyl groups is 1. The molecule has 2 N–H and O–H groups in total. The quantitative estimate of drug-likeness (QED) is 0.788. The van der Waals surface area contributed by atoms with E-state index in [2.05, 4.69) is 0 Å². The van der Waals surface area contributed by atoms with Crippen LogP contribution < -0.4 is 4.74 Å². The first kappa shape index (κ1) is 11.9. The van der Waals surface area contributed by atoms with Crippen LogP contribution in [-0.2, 0) is 0 Å². The molecule has 15 heavy (non-hydrogen) atoms. The summed E-state index contributed by atoms with van der Waals surface area (Å²) >= 11 is 0. The highest BCUT2D eigenvalue weighted by atomic mass is 16.5. The lowest BCUT2D eigenvalue weighted by atomic mass is 9.85. The van der Waals surface area contributed by atoms with Crippen LogP contribution >= 0.6 is 0 Å². The molecule has 0 spiro atoms. The average Bonchev–Trinajstić information content (AvgIpc) is 2.15. The molecule has 84 valence electrons. The molecule has 1 aromatic rings. The number of ether oxygens (including phenoxy) is 1. The van der Waals surface area contributed by atoms with Crippen molar-refractivity contribution in [3.05, 3.63) is 23.8 Å². The Labute approximate surface area is 90.3 Å². The smallest absolute Gasteiger partial charge is 0.160 e. The second-order valence-electron chi connectivity index (χ2n) is 4.70. The first-order chi connectivity index (χ1) is 6.86. The monoisotopic (exact) mass is 210 g/mol. The highest BCUT2D eigenvalue weighted by Crippen LogP contribution is 2.36. The van der Waals surface area contributed by atoms with Gasteiger partial charge in [0.2, 0.25) is 0 Å². The Morgan fingerprint density at radius 1 is 1.27 bits per heavy atom. The summed E-state index contributed by atoms with van der Waals surface area (Å²) in [6, 6.07) is 4.95. The number of aliphatic hydroxyl groups excluding tert-OH is 1. The molecule has 0 saturated heterocycles. The van der Waals surface area contributed by atoms with Crippen LogP contribution in [0.15, 0.2) is 18.2 Å². The van der Waals surface area contributed by atoms with Crippen molar-refractivity contribution in [2.24, 2.45) is 5.41 Å². The van der Waals surface area contributed by atoms with Crippen LogP contribution in [0.2, 0.25) is 0 Å². The van der Waals surface area contributed by atoms with Crippen LogP contribution in [-0.4, -0.2) is 17.3 Å². The highest BCUT2D eigenvalue weighted by Gasteiger charge is 2.24. The number of phenols is 1. The van der Waals surface area contributed by atoms with Crippen LogP contribution in [0.1, 0.15) is 32.4 Å². The van der Waals surface area contributed by atoms with Gasteiger partial charge in [0.05, 0.1) is 13.2 Å². The molecule has 0 radical (unpaired) electrons. The molecule has 0 fully saturated rings. The molecule has 1 aromatic carbocycles. The van der Waals surface area contributed by atoms with Gasteiger partial charge in [-0.15, -0.1) is 0 Å². The summed E-state index contributed by atoms with van der Waals surface area (Å²) < 4.78 is 4.93. The van der Waals surface area contributed by atoms with Gasteiger partial charge in [-0.3, -0.25) is 0 Å². The maximum atomic E-state index is 9.99. The fourth-order valence-corrected chi connectivity index (χ4v) is 1.38. The molecule has 0 aliphatic rings. The number of benzene rings is 1. The number of hydrogen-bond donors (Lipinski definition) is 2. The molecule has 1 atom stereocenters. The van der Waals surface area contributed by atoms with Gasteiger partial charge in [-0.25, -0.2) is 0 Å². The molecular formula is C12H18O3. The van der Waals surface area contributed by atoms with Gasteiger partial charge in [0.25, 0.3) is 0 Å². The van der Waals surface area contributed by atoms with Crippen molar-refractivity contribution in [1.82, 2.24) is 0 Å². The predicted molar refractivity (Wildman–Crippen MR) is 59.1 cm³/mol. The Morgan fingerprint density at radius 3 is 2.27 bits per heavy atom. The van der Waals surface area contributed by atoms with E-state index in [-0.39, 0.29) is 11.2 Å². The van der Waals surface area contributed by atoms with Crippen LogP contribution in [0.4, 0.5) is 0 Å². The second-order valence-corrected chi connectivity index (χ2v) is 4.70. The SMILES string of the molecule is COc1ccc(C(O)C(C)(C)C)cc1O. The summed E-state index contributed by atoms with van der Waals surface area (Å²) in [5.41, 5.74) is 0.446. The fourth-order valence-electron chi connectivity index (χ4n) is 1.38. The molecule has 0 aliphatic heterocycles. The Hall–Kier alpha value is -1.22. The van der Waals surface area contributed by atoms with E-state index in [1.54, 1.807) is 12.1 Å². The Kier molecular flexibility index (Phi) is 3.25. The minimum absolute atomic E-state index is 0.0540. The van der Waals surface area contributed by atoms with Crippen molar-refractivity contribution in [2.75, 3.05) is 7.11 Å². The first-order valence-electron chi connectivity index (χ1n) is 4.91. The fraction of sp³-hybridized carbons (Fsp3) is 0.500. The van der Waals surface area contributed by atoms with E-state index in [4.69, 9.17) is 4.74 Å². The summed E-state index contributed by atoms with van der Waals surface area (Å²) in [5.74, 6) is 0.471. The highest BCUT2D eigenvalue weighted by molar-refractivity contribution is 5.42. The number of rotatable bonds is 2. The summed E-state index contributed by atoms with van der Waals surface area (Å²) in [6.07, 6.45) is -0.602. The molecule has 0 amide bonds. The van der Waals surface area contributed by atoms with Crippen molar-refractivity contribution in [1.29, 1.82) is 0 Å². The third-order valence-electron chi connectivity index (χ3n) is 2.34. The minimum atomic E-state index is -0.602. The average molecular weight is 210 g/mol. The largest absolute Gasteiger partial charge is 0.504 e. The molecule has 3 heteroatoms. The lowest BCUT2D eigenvalue weighted by molar-refractivity contribution is 0.0624. The predicted octanol–water partition coefficient (Wildman–Crippen LogP) is 2.48. The van der Waals surface area contributed by atoms with E-state index in [9.17, 15) is 10.2 Å². The zero-order valence-corrected chi connectivity index (χ0v) is 9.61. The van der Waals surface area contributed by atoms with E-state index in [0.717, 1.165) is 0 Å². The van der Waals surface area contributed by atoms with Crippen LogP contribution in [0.5, 0.6) is 11.5 Å². The standard InChI is InChI=1S/C12H18O3/c1-12(2,3)11(14)8-5-6-10(15-4)9(13)7-8/h5-7,11,13-14H,1-4H3. The molecule has 3 nitrogen and oxygen atoms in total. The van der Waals surface area contributed by atoms with Crippen molar-refractivity contribution in [3.63, 3.8) is 0 Å². The maximum Gasteiger partial charge on any atom is 0.160 e. The minimum Gasteiger partial charge on any atom is -0.504 e. The zero-order chi connectivity index (χ0) is 11.6. The lowest BCUT2D eigenvalue weighted by Gasteiger charge is -2.26. The van der Waals surface area contributed by atoms with Gasteiger partial charge < -0.3 is 14.9 Å². The van der Waals surface area contributed by atoms with E-state index in [1.165, 1.54) is 13.2 Å². The third-order valence-corrected chi connectivity index (χ3v) is 2.34. The molecule has 1 rings (SSSR count). The Balaban J connectivity index is 3.02. The summed E-state index contributed by atoms with van der Waals surface area (Å²) in [6.45, 7) is 5.83. The van der Waals surface area contributed by atoms with Gasteiger partial charge in [0, 0.05) is 0 Å². The molecule has 1 unspecified atom stereocenters. The second kappa shape index (κ2) is 4.11. The van der Waals surface area contributed by atoms with Crippen molar-refractivity contribution < 1.29 is 14.9 Å². The molecule has 0 heterocycles. The Morgan fingerprint density at radius 2 is 1.87 bits per heavy atom. The van der Waals surface area contributed by atoms with Gasteiger partial charge in [-0.2, -0.15) is 0 Å². The van der Waals surface area contributed by atoms with Gasteiger partial charge in [-0.1, -0.05) is 26.8 Å². The third kappa shape index (κ3) is 2.63. The molecule has 0 bridgehead atoms. The molecular weight excluding hydrogens is 192 g/mol. The topological polar surface area (TPSA) is 49.7 Å². The number of phenolic OH excluding ortho intramolecular Hbond substituents is 1. The molecule has 0 aromatic heterocycles. The van der Waals surface area contributed by atoms with Crippen LogP contribution in [0.25, 0.3) is 0 Å². The van der Waals surface area contributed by atoms with E-state index < -0.39 is 6.10 Å². The van der Waals surface area contributed by atoms with Crippen LogP contribution in [0, 0.1) is 5.41 Å². The molecule has 0 aliphatic carbocycles. The van der Waals surface area contributed by atoms with Gasteiger partial charge in [0.15, 0.2) is 11.5 Å². The van der Waals surface area contributed by atoms with Crippen LogP contribution in [0.3, 0.4) is 0 Å². The zero-order valence-electron chi connectivity index (χ0n) is 9.61. The van der Waals surface area contributed by atoms with Gasteiger partial charge in [0.1, 0.15) is 0 Å². The maximum absolute atomic E-state index is 9.99. The first-order valence-corrected chi connectivity index (χ1v) is 4.91. The van der Waals surface area contributed by atoms with Crippen molar-refractivity contribution in [2.45, 2.75) is 26.9 Å². The van der Waals surface area contributed by atoms with Crippen molar-refractivity contribution in [3.8, 4) is 11.5 Å². The summed E-state index contributed by atoms with van der Waals surface area (Å²) in [7, 11) is 1.49. The normalized spacial score (nSPS) is 13.7. The number of aromatic hydroxyl groups is 1. The van der Waals surface area contributed by atoms with E-state index in [0.29, 0.717) is 11.3 Å². The number of hydrogen-bond acceptors (Lipinski definition) is 3. The lowest BCUT2D eigenvalue weighted by Crippen LogP contribution is -2.17. The van der Waals surface area contributed by atoms with Crippen molar-refractivity contribution >= 4 is 0 Å².